The minimum absolute atomic E-state index is 0. The van der Waals surface area contributed by atoms with E-state index >= 15 is 0 Å². The summed E-state index contributed by atoms with van der Waals surface area (Å²) in [4.78, 5) is 4.28. The lowest BCUT2D eigenvalue weighted by Gasteiger charge is -2.02. The number of halogens is 1. The lowest BCUT2D eigenvalue weighted by Crippen LogP contribution is -1.88. The normalized spacial score (nSPS) is 17.6. The second-order valence-electron chi connectivity index (χ2n) is 2.60. The molecule has 0 amide bonds. The van der Waals surface area contributed by atoms with Crippen LogP contribution in [0.15, 0.2) is 35.9 Å². The fourth-order valence-corrected chi connectivity index (χ4v) is 3.04. The van der Waals surface area contributed by atoms with Crippen molar-refractivity contribution in [3.63, 3.8) is 0 Å². The van der Waals surface area contributed by atoms with Gasteiger partial charge >= 0.3 is 0 Å². The molecule has 0 fully saturated rings. The van der Waals surface area contributed by atoms with Crippen LogP contribution in [0.2, 0.25) is 0 Å². The zero-order valence-corrected chi connectivity index (χ0v) is 10.9. The summed E-state index contributed by atoms with van der Waals surface area (Å²) in [5, 5.41) is 2.57. The third-order valence-corrected chi connectivity index (χ3v) is 3.72. The van der Waals surface area contributed by atoms with Crippen LogP contribution in [0.3, 0.4) is 0 Å². The van der Waals surface area contributed by atoms with Crippen LogP contribution in [0, 0.1) is 0 Å². The summed E-state index contributed by atoms with van der Waals surface area (Å²) in [6.45, 7) is 2.65. The zero-order chi connectivity index (χ0) is 10.2. The van der Waals surface area contributed by atoms with Crippen LogP contribution >= 0.6 is 34.0 Å². The Labute approximate surface area is 105 Å². The van der Waals surface area contributed by atoms with Gasteiger partial charge in [-0.25, -0.2) is 0 Å². The first-order valence-electron chi connectivity index (χ1n) is 4.48. The van der Waals surface area contributed by atoms with E-state index in [0.29, 0.717) is 5.25 Å². The first kappa shape index (κ1) is 14.8. The lowest BCUT2D eigenvalue weighted by molar-refractivity contribution is 1.10. The lowest BCUT2D eigenvalue weighted by atomic mass is 10.3. The van der Waals surface area contributed by atoms with Gasteiger partial charge in [0.05, 0.1) is 10.9 Å². The molecule has 2 N–H and O–H groups in total. The average Bonchev–Trinajstić information content (AvgIpc) is 2.73. The number of hydrogen-bond acceptors (Lipinski definition) is 4. The smallest absolute Gasteiger partial charge is 0.0765 e. The molecule has 84 valence electrons. The Morgan fingerprint density at radius 1 is 1.47 bits per heavy atom. The Morgan fingerprint density at radius 2 is 2.20 bits per heavy atom. The van der Waals surface area contributed by atoms with Gasteiger partial charge in [0.25, 0.3) is 0 Å². The second-order valence-corrected chi connectivity index (χ2v) is 4.92. The molecule has 2 rings (SSSR count). The molecule has 0 aromatic carbocycles. The van der Waals surface area contributed by atoms with Crippen molar-refractivity contribution in [1.82, 2.24) is 4.98 Å². The minimum Gasteiger partial charge on any atom is -0.331 e. The summed E-state index contributed by atoms with van der Waals surface area (Å²) < 4.78 is 0. The maximum Gasteiger partial charge on any atom is 0.0765 e. The number of nitrogens with two attached hydrogens (primary N) is 1. The van der Waals surface area contributed by atoms with Gasteiger partial charge in [-0.05, 0) is 24.1 Å². The van der Waals surface area contributed by atoms with Gasteiger partial charge in [0.15, 0.2) is 0 Å². The van der Waals surface area contributed by atoms with Gasteiger partial charge in [-0.2, -0.15) is 0 Å². The van der Waals surface area contributed by atoms with Crippen molar-refractivity contribution in [3.8, 4) is 0 Å². The number of hydrogen-bond donors (Lipinski definition) is 1. The van der Waals surface area contributed by atoms with Crippen molar-refractivity contribution in [1.29, 1.82) is 0 Å². The van der Waals surface area contributed by atoms with Gasteiger partial charge in [0, 0.05) is 6.20 Å². The quantitative estimate of drug-likeness (QED) is 0.788. The van der Waals surface area contributed by atoms with Crippen LogP contribution in [0.25, 0.3) is 0 Å². The van der Waals surface area contributed by atoms with Crippen LogP contribution in [0.5, 0.6) is 0 Å². The summed E-state index contributed by atoms with van der Waals surface area (Å²) in [7, 11) is 3.61. The van der Waals surface area contributed by atoms with Crippen molar-refractivity contribution in [3.05, 3.63) is 41.6 Å². The number of pyridine rings is 1. The summed E-state index contributed by atoms with van der Waals surface area (Å²) in [6, 6.07) is 6.04. The topological polar surface area (TPSA) is 38.9 Å². The van der Waals surface area contributed by atoms with E-state index in [2.05, 4.69) is 22.5 Å². The monoisotopic (exact) mass is 262 g/mol. The summed E-state index contributed by atoms with van der Waals surface area (Å²) in [6.07, 6.45) is 4.02. The van der Waals surface area contributed by atoms with Crippen LogP contribution in [-0.4, -0.2) is 11.5 Å². The molecular weight excluding hydrogens is 248 g/mol. The molecule has 0 aliphatic carbocycles. The van der Waals surface area contributed by atoms with E-state index < -0.39 is 0 Å². The molecule has 2 nitrogen and oxygen atoms in total. The number of aromatic nitrogens is 1. The molecule has 1 unspecified atom stereocenters. The van der Waals surface area contributed by atoms with Crippen molar-refractivity contribution in [2.24, 2.45) is 5.73 Å². The van der Waals surface area contributed by atoms with Gasteiger partial charge in [-0.15, -0.1) is 12.4 Å². The molecule has 0 saturated heterocycles. The van der Waals surface area contributed by atoms with Crippen molar-refractivity contribution in [2.75, 3.05) is 6.54 Å². The molecule has 0 spiro atoms. The van der Waals surface area contributed by atoms with Gasteiger partial charge in [-0.1, -0.05) is 40.7 Å². The Bertz CT molecular complexity index is 280. The van der Waals surface area contributed by atoms with Gasteiger partial charge in [0.1, 0.15) is 0 Å². The molecule has 0 saturated carbocycles. The highest BCUT2D eigenvalue weighted by molar-refractivity contribution is 8.78. The molecule has 0 bridgehead atoms. The van der Waals surface area contributed by atoms with Crippen molar-refractivity contribution in [2.45, 2.75) is 12.2 Å². The molecule has 1 aromatic rings. The molecule has 5 heteroatoms. The van der Waals surface area contributed by atoms with Crippen molar-refractivity contribution >= 4 is 34.0 Å². The highest BCUT2D eigenvalue weighted by Gasteiger charge is 2.13. The fourth-order valence-electron chi connectivity index (χ4n) is 0.920. The minimum atomic E-state index is 0. The third-order valence-electron chi connectivity index (χ3n) is 1.45. The Balaban J connectivity index is 0.000000443. The average molecular weight is 263 g/mol. The molecule has 1 atom stereocenters. The number of rotatable bonds is 1. The maximum atomic E-state index is 4.85. The van der Waals surface area contributed by atoms with Crippen molar-refractivity contribution < 1.29 is 0 Å². The first-order chi connectivity index (χ1) is 6.88. The summed E-state index contributed by atoms with van der Waals surface area (Å²) in [5.74, 6) is 0. The highest BCUT2D eigenvalue weighted by atomic mass is 35.5. The van der Waals surface area contributed by atoms with Gasteiger partial charge in [-0.3, -0.25) is 4.98 Å². The molecule has 0 radical (unpaired) electrons. The van der Waals surface area contributed by atoms with E-state index in [4.69, 9.17) is 5.73 Å². The molecular formula is C10H15ClN2S2. The molecule has 2 heterocycles. The summed E-state index contributed by atoms with van der Waals surface area (Å²) in [5.41, 5.74) is 6.00. The van der Waals surface area contributed by atoms with E-state index in [0.717, 1.165) is 12.2 Å². The van der Waals surface area contributed by atoms with E-state index in [1.165, 1.54) is 0 Å². The van der Waals surface area contributed by atoms with Crippen LogP contribution in [0.4, 0.5) is 0 Å². The predicted octanol–water partition coefficient (Wildman–Crippen LogP) is 3.42. The Kier molecular flexibility index (Phi) is 9.00. The van der Waals surface area contributed by atoms with E-state index in [1.54, 1.807) is 10.8 Å². The maximum absolute atomic E-state index is 4.85. The first-order valence-corrected chi connectivity index (χ1v) is 6.76. The van der Waals surface area contributed by atoms with Crippen LogP contribution in [0.1, 0.15) is 17.9 Å². The second kappa shape index (κ2) is 9.09. The van der Waals surface area contributed by atoms with Gasteiger partial charge in [0.2, 0.25) is 0 Å². The molecule has 1 aliphatic heterocycles. The zero-order valence-electron chi connectivity index (χ0n) is 8.50. The highest BCUT2D eigenvalue weighted by Crippen LogP contribution is 2.44. The summed E-state index contributed by atoms with van der Waals surface area (Å²) >= 11 is 0. The molecule has 1 aromatic heterocycles. The largest absolute Gasteiger partial charge is 0.331 e. The molecule has 1 aliphatic rings. The Hall–Kier alpha value is -0.160. The molecule has 15 heavy (non-hydrogen) atoms. The number of nitrogens with zero attached hydrogens (tertiary/aromatic N) is 1. The third kappa shape index (κ3) is 5.47. The van der Waals surface area contributed by atoms with E-state index in [1.807, 2.05) is 36.0 Å². The SMILES string of the molecule is C1=CC(c2ccccn2)SS1.CCN.Cl. The van der Waals surface area contributed by atoms with E-state index in [-0.39, 0.29) is 12.4 Å². The Morgan fingerprint density at radius 3 is 2.67 bits per heavy atom. The van der Waals surface area contributed by atoms with E-state index in [9.17, 15) is 0 Å². The van der Waals surface area contributed by atoms with Crippen LogP contribution in [-0.2, 0) is 0 Å². The van der Waals surface area contributed by atoms with Gasteiger partial charge < -0.3 is 5.73 Å². The predicted molar refractivity (Wildman–Crippen MR) is 73.3 cm³/mol. The fraction of sp³-hybridized carbons (Fsp3) is 0.300. The van der Waals surface area contributed by atoms with Crippen LogP contribution < -0.4 is 5.73 Å². The standard InChI is InChI=1S/C8H7NS2.C2H7N.ClH/c1-2-5-9-7(3-1)8-4-6-10-11-8;1-2-3;/h1-6,8H;2-3H2,1H3;1H.